The SMILES string of the molecule is O=C(COCc1ccccc1)NCCc1ncn[nH]1. The van der Waals surface area contributed by atoms with E-state index in [2.05, 4.69) is 20.5 Å². The van der Waals surface area contributed by atoms with E-state index in [9.17, 15) is 4.79 Å². The van der Waals surface area contributed by atoms with E-state index in [0.29, 0.717) is 19.6 Å². The summed E-state index contributed by atoms with van der Waals surface area (Å²) in [5, 5.41) is 9.22. The maximum atomic E-state index is 11.5. The largest absolute Gasteiger partial charge is 0.367 e. The highest BCUT2D eigenvalue weighted by atomic mass is 16.5. The van der Waals surface area contributed by atoms with Crippen LogP contribution < -0.4 is 5.32 Å². The fourth-order valence-electron chi connectivity index (χ4n) is 1.56. The standard InChI is InChI=1S/C13H16N4O2/c18-13(14-7-6-12-15-10-16-17-12)9-19-8-11-4-2-1-3-5-11/h1-5,10H,6-9H2,(H,14,18)(H,15,16,17). The Hall–Kier alpha value is -2.21. The zero-order chi connectivity index (χ0) is 13.3. The summed E-state index contributed by atoms with van der Waals surface area (Å²) in [5.74, 6) is 0.626. The molecule has 0 aliphatic carbocycles. The molecule has 1 heterocycles. The number of aromatic nitrogens is 3. The van der Waals surface area contributed by atoms with Crippen molar-refractivity contribution >= 4 is 5.91 Å². The molecule has 0 saturated heterocycles. The Kier molecular flexibility index (Phi) is 5.06. The highest BCUT2D eigenvalue weighted by Crippen LogP contribution is 1.99. The third-order valence-corrected chi connectivity index (χ3v) is 2.49. The van der Waals surface area contributed by atoms with Gasteiger partial charge < -0.3 is 10.1 Å². The first-order chi connectivity index (χ1) is 9.34. The Morgan fingerprint density at radius 1 is 1.32 bits per heavy atom. The number of nitrogens with one attached hydrogen (secondary N) is 2. The zero-order valence-electron chi connectivity index (χ0n) is 10.5. The number of rotatable bonds is 7. The summed E-state index contributed by atoms with van der Waals surface area (Å²) in [6, 6.07) is 9.75. The molecule has 0 fully saturated rings. The second kappa shape index (κ2) is 7.27. The van der Waals surface area contributed by atoms with Gasteiger partial charge in [0.25, 0.3) is 0 Å². The molecule has 2 N–H and O–H groups in total. The van der Waals surface area contributed by atoms with Gasteiger partial charge in [0, 0.05) is 13.0 Å². The number of carbonyl (C=O) groups excluding carboxylic acids is 1. The highest BCUT2D eigenvalue weighted by Gasteiger charge is 2.02. The average Bonchev–Trinajstić information content (AvgIpc) is 2.93. The summed E-state index contributed by atoms with van der Waals surface area (Å²) < 4.78 is 5.32. The molecule has 1 amide bonds. The summed E-state index contributed by atoms with van der Waals surface area (Å²) in [6.45, 7) is 1.02. The van der Waals surface area contributed by atoms with E-state index < -0.39 is 0 Å². The van der Waals surface area contributed by atoms with E-state index in [-0.39, 0.29) is 12.5 Å². The van der Waals surface area contributed by atoms with Gasteiger partial charge in [-0.25, -0.2) is 4.98 Å². The number of hydrogen-bond acceptors (Lipinski definition) is 4. The van der Waals surface area contributed by atoms with Crippen LogP contribution in [0, 0.1) is 0 Å². The minimum atomic E-state index is -0.129. The van der Waals surface area contributed by atoms with Crippen molar-refractivity contribution in [2.45, 2.75) is 13.0 Å². The lowest BCUT2D eigenvalue weighted by molar-refractivity contribution is -0.126. The number of carbonyl (C=O) groups is 1. The molecule has 1 aromatic carbocycles. The minimum Gasteiger partial charge on any atom is -0.367 e. The second-order valence-corrected chi connectivity index (χ2v) is 4.01. The summed E-state index contributed by atoms with van der Waals surface area (Å²) in [7, 11) is 0. The molecule has 0 radical (unpaired) electrons. The van der Waals surface area contributed by atoms with Crippen LogP contribution in [0.25, 0.3) is 0 Å². The van der Waals surface area contributed by atoms with Crippen molar-refractivity contribution in [1.29, 1.82) is 0 Å². The van der Waals surface area contributed by atoms with Gasteiger partial charge in [-0.05, 0) is 5.56 Å². The normalized spacial score (nSPS) is 10.3. The molecule has 0 aliphatic heterocycles. The number of amides is 1. The maximum absolute atomic E-state index is 11.5. The van der Waals surface area contributed by atoms with Crippen molar-refractivity contribution < 1.29 is 9.53 Å². The van der Waals surface area contributed by atoms with Gasteiger partial charge in [-0.1, -0.05) is 30.3 Å². The zero-order valence-corrected chi connectivity index (χ0v) is 10.5. The molecule has 0 spiro atoms. The molecular weight excluding hydrogens is 244 g/mol. The summed E-state index contributed by atoms with van der Waals surface area (Å²) in [4.78, 5) is 15.4. The number of aromatic amines is 1. The fourth-order valence-corrected chi connectivity index (χ4v) is 1.56. The average molecular weight is 260 g/mol. The molecule has 19 heavy (non-hydrogen) atoms. The smallest absolute Gasteiger partial charge is 0.246 e. The molecule has 0 saturated carbocycles. The predicted octanol–water partition coefficient (Wildman–Crippen LogP) is 0.680. The van der Waals surface area contributed by atoms with Crippen LogP contribution in [0.15, 0.2) is 36.7 Å². The molecular formula is C13H16N4O2. The van der Waals surface area contributed by atoms with Crippen LogP contribution >= 0.6 is 0 Å². The van der Waals surface area contributed by atoms with Crippen molar-refractivity contribution in [1.82, 2.24) is 20.5 Å². The Balaban J connectivity index is 1.57. The van der Waals surface area contributed by atoms with E-state index >= 15 is 0 Å². The minimum absolute atomic E-state index is 0.0608. The first kappa shape index (κ1) is 13.2. The van der Waals surface area contributed by atoms with Gasteiger partial charge in [-0.2, -0.15) is 5.10 Å². The molecule has 0 aliphatic rings. The van der Waals surface area contributed by atoms with Gasteiger partial charge in [0.15, 0.2) is 0 Å². The molecule has 0 unspecified atom stereocenters. The van der Waals surface area contributed by atoms with Crippen LogP contribution in [-0.2, 0) is 22.6 Å². The maximum Gasteiger partial charge on any atom is 0.246 e. The molecule has 1 aromatic heterocycles. The van der Waals surface area contributed by atoms with Gasteiger partial charge in [-0.15, -0.1) is 0 Å². The topological polar surface area (TPSA) is 79.9 Å². The van der Waals surface area contributed by atoms with E-state index in [1.807, 2.05) is 30.3 Å². The molecule has 100 valence electrons. The van der Waals surface area contributed by atoms with Crippen molar-refractivity contribution in [3.63, 3.8) is 0 Å². The number of ether oxygens (including phenoxy) is 1. The van der Waals surface area contributed by atoms with Gasteiger partial charge in [0.2, 0.25) is 5.91 Å². The monoisotopic (exact) mass is 260 g/mol. The van der Waals surface area contributed by atoms with Crippen LogP contribution in [0.1, 0.15) is 11.4 Å². The Bertz CT molecular complexity index is 485. The van der Waals surface area contributed by atoms with Crippen molar-refractivity contribution in [3.8, 4) is 0 Å². The fraction of sp³-hybridized carbons (Fsp3) is 0.308. The number of H-pyrrole nitrogens is 1. The lowest BCUT2D eigenvalue weighted by atomic mass is 10.2. The molecule has 2 aromatic rings. The van der Waals surface area contributed by atoms with Crippen LogP contribution in [0.3, 0.4) is 0 Å². The first-order valence-electron chi connectivity index (χ1n) is 6.07. The summed E-state index contributed by atoms with van der Waals surface area (Å²) >= 11 is 0. The van der Waals surface area contributed by atoms with Gasteiger partial charge in [0.05, 0.1) is 6.61 Å². The van der Waals surface area contributed by atoms with E-state index in [1.165, 1.54) is 6.33 Å². The molecule has 2 rings (SSSR count). The van der Waals surface area contributed by atoms with E-state index in [1.54, 1.807) is 0 Å². The van der Waals surface area contributed by atoms with Gasteiger partial charge in [-0.3, -0.25) is 9.89 Å². The van der Waals surface area contributed by atoms with E-state index in [4.69, 9.17) is 4.74 Å². The lowest BCUT2D eigenvalue weighted by Gasteiger charge is -2.05. The predicted molar refractivity (Wildman–Crippen MR) is 69.2 cm³/mol. The van der Waals surface area contributed by atoms with Crippen LogP contribution in [0.5, 0.6) is 0 Å². The van der Waals surface area contributed by atoms with E-state index in [0.717, 1.165) is 11.4 Å². The number of hydrogen-bond donors (Lipinski definition) is 2. The molecule has 0 bridgehead atoms. The first-order valence-corrected chi connectivity index (χ1v) is 6.07. The van der Waals surface area contributed by atoms with Gasteiger partial charge >= 0.3 is 0 Å². The van der Waals surface area contributed by atoms with Crippen LogP contribution in [0.2, 0.25) is 0 Å². The quantitative estimate of drug-likeness (QED) is 0.767. The Morgan fingerprint density at radius 3 is 2.89 bits per heavy atom. The lowest BCUT2D eigenvalue weighted by Crippen LogP contribution is -2.29. The molecule has 6 heteroatoms. The Labute approximate surface area is 111 Å². The third kappa shape index (κ3) is 4.89. The van der Waals surface area contributed by atoms with Crippen molar-refractivity contribution in [2.75, 3.05) is 13.2 Å². The van der Waals surface area contributed by atoms with Crippen LogP contribution in [-0.4, -0.2) is 34.2 Å². The van der Waals surface area contributed by atoms with Crippen molar-refractivity contribution in [2.24, 2.45) is 0 Å². The molecule has 6 nitrogen and oxygen atoms in total. The summed E-state index contributed by atoms with van der Waals surface area (Å²) in [6.07, 6.45) is 2.07. The number of benzene rings is 1. The third-order valence-electron chi connectivity index (χ3n) is 2.49. The van der Waals surface area contributed by atoms with Crippen LogP contribution in [0.4, 0.5) is 0 Å². The second-order valence-electron chi connectivity index (χ2n) is 4.01. The number of nitrogens with zero attached hydrogens (tertiary/aromatic N) is 2. The molecule has 0 atom stereocenters. The van der Waals surface area contributed by atoms with Gasteiger partial charge in [0.1, 0.15) is 18.8 Å². The highest BCUT2D eigenvalue weighted by molar-refractivity contribution is 5.77. The Morgan fingerprint density at radius 2 is 2.16 bits per heavy atom. The van der Waals surface area contributed by atoms with Crippen molar-refractivity contribution in [3.05, 3.63) is 48.0 Å². The summed E-state index contributed by atoms with van der Waals surface area (Å²) in [5.41, 5.74) is 1.05.